The fraction of sp³-hybridized carbons (Fsp3) is 0.571. The van der Waals surface area contributed by atoms with Crippen LogP contribution in [0, 0.1) is 0 Å². The van der Waals surface area contributed by atoms with Gasteiger partial charge in [0.05, 0.1) is 19.8 Å². The molecule has 0 bridgehead atoms. The Morgan fingerprint density at radius 3 is 2.59 bits per heavy atom. The van der Waals surface area contributed by atoms with Crippen molar-refractivity contribution in [2.45, 2.75) is 39.2 Å². The van der Waals surface area contributed by atoms with Crippen molar-refractivity contribution in [3.05, 3.63) is 23.8 Å². The molecule has 0 saturated heterocycles. The Bertz CT molecular complexity index is 334. The van der Waals surface area contributed by atoms with Gasteiger partial charge in [-0.2, -0.15) is 0 Å². The zero-order valence-corrected chi connectivity index (χ0v) is 10.9. The van der Waals surface area contributed by atoms with Crippen LogP contribution < -0.4 is 9.47 Å². The Hall–Kier alpha value is -1.22. The van der Waals surface area contributed by atoms with Crippen LogP contribution in [-0.2, 0) is 0 Å². The highest BCUT2D eigenvalue weighted by Crippen LogP contribution is 2.30. The predicted molar refractivity (Wildman–Crippen MR) is 68.6 cm³/mol. The molecule has 3 nitrogen and oxygen atoms in total. The number of benzene rings is 1. The van der Waals surface area contributed by atoms with Crippen LogP contribution in [0.1, 0.15) is 44.8 Å². The number of ether oxygens (including phenoxy) is 2. The summed E-state index contributed by atoms with van der Waals surface area (Å²) < 4.78 is 10.9. The molecule has 0 aromatic heterocycles. The van der Waals surface area contributed by atoms with Gasteiger partial charge in [0.1, 0.15) is 0 Å². The molecule has 0 aliphatic carbocycles. The van der Waals surface area contributed by atoms with Crippen LogP contribution in [0.4, 0.5) is 0 Å². The first-order chi connectivity index (χ1) is 8.19. The lowest BCUT2D eigenvalue weighted by Gasteiger charge is -2.13. The Labute approximate surface area is 103 Å². The van der Waals surface area contributed by atoms with Crippen molar-refractivity contribution in [2.24, 2.45) is 0 Å². The molecule has 17 heavy (non-hydrogen) atoms. The summed E-state index contributed by atoms with van der Waals surface area (Å²) in [7, 11) is 1.61. The first-order valence-electron chi connectivity index (χ1n) is 6.17. The van der Waals surface area contributed by atoms with Crippen molar-refractivity contribution in [1.82, 2.24) is 0 Å². The van der Waals surface area contributed by atoms with Gasteiger partial charge in [0.15, 0.2) is 11.5 Å². The van der Waals surface area contributed by atoms with E-state index in [0.717, 1.165) is 17.7 Å². The molecule has 1 N–H and O–H groups in total. The maximum Gasteiger partial charge on any atom is 0.161 e. The molecule has 0 saturated carbocycles. The molecule has 0 amide bonds. The number of hydrogen-bond acceptors (Lipinski definition) is 3. The smallest absolute Gasteiger partial charge is 0.161 e. The van der Waals surface area contributed by atoms with Crippen LogP contribution in [0.25, 0.3) is 0 Å². The molecule has 1 aromatic carbocycles. The molecule has 0 radical (unpaired) electrons. The zero-order chi connectivity index (χ0) is 12.7. The highest BCUT2D eigenvalue weighted by Gasteiger charge is 2.08. The van der Waals surface area contributed by atoms with Crippen LogP contribution in [0.2, 0.25) is 0 Å². The van der Waals surface area contributed by atoms with Gasteiger partial charge in [-0.15, -0.1) is 0 Å². The Balaban J connectivity index is 2.65. The molecule has 0 heterocycles. The summed E-state index contributed by atoms with van der Waals surface area (Å²) >= 11 is 0. The average molecular weight is 238 g/mol. The molecular formula is C14H22O3. The van der Waals surface area contributed by atoms with Gasteiger partial charge >= 0.3 is 0 Å². The second kappa shape index (κ2) is 7.17. The van der Waals surface area contributed by atoms with E-state index < -0.39 is 6.10 Å². The minimum Gasteiger partial charge on any atom is -0.493 e. The van der Waals surface area contributed by atoms with E-state index >= 15 is 0 Å². The summed E-state index contributed by atoms with van der Waals surface area (Å²) in [6.45, 7) is 4.60. The number of hydrogen-bond donors (Lipinski definition) is 1. The van der Waals surface area contributed by atoms with E-state index in [9.17, 15) is 5.11 Å². The third-order valence-corrected chi connectivity index (χ3v) is 2.68. The standard InChI is InChI=1S/C14H22O3/c1-4-5-6-9-17-13-8-7-12(11(2)15)10-14(13)16-3/h7-8,10-11,15H,4-6,9H2,1-3H3/t11-/m0/s1. The van der Waals surface area contributed by atoms with Crippen molar-refractivity contribution in [3.8, 4) is 11.5 Å². The van der Waals surface area contributed by atoms with Gasteiger partial charge in [-0.05, 0) is 31.0 Å². The van der Waals surface area contributed by atoms with E-state index in [1.807, 2.05) is 18.2 Å². The first-order valence-corrected chi connectivity index (χ1v) is 6.17. The highest BCUT2D eigenvalue weighted by molar-refractivity contribution is 5.43. The van der Waals surface area contributed by atoms with E-state index in [2.05, 4.69) is 6.92 Å². The van der Waals surface area contributed by atoms with Crippen molar-refractivity contribution < 1.29 is 14.6 Å². The van der Waals surface area contributed by atoms with Gasteiger partial charge < -0.3 is 14.6 Å². The summed E-state index contributed by atoms with van der Waals surface area (Å²) in [4.78, 5) is 0. The lowest BCUT2D eigenvalue weighted by Crippen LogP contribution is -2.00. The van der Waals surface area contributed by atoms with Crippen LogP contribution >= 0.6 is 0 Å². The predicted octanol–water partition coefficient (Wildman–Crippen LogP) is 3.32. The molecule has 0 fully saturated rings. The lowest BCUT2D eigenvalue weighted by atomic mass is 10.1. The summed E-state index contributed by atoms with van der Waals surface area (Å²) in [5.41, 5.74) is 0.836. The number of unbranched alkanes of at least 4 members (excludes halogenated alkanes) is 2. The molecule has 0 unspecified atom stereocenters. The zero-order valence-electron chi connectivity index (χ0n) is 10.9. The molecule has 0 aliphatic rings. The molecule has 1 atom stereocenters. The fourth-order valence-corrected chi connectivity index (χ4v) is 1.60. The second-order valence-corrected chi connectivity index (χ2v) is 4.14. The molecule has 0 spiro atoms. The summed E-state index contributed by atoms with van der Waals surface area (Å²) in [6.07, 6.45) is 2.92. The normalized spacial score (nSPS) is 12.2. The Morgan fingerprint density at radius 2 is 2.00 bits per heavy atom. The molecular weight excluding hydrogens is 216 g/mol. The first kappa shape index (κ1) is 13.8. The van der Waals surface area contributed by atoms with E-state index in [0.29, 0.717) is 12.4 Å². The van der Waals surface area contributed by atoms with Crippen molar-refractivity contribution in [3.63, 3.8) is 0 Å². The van der Waals surface area contributed by atoms with Gasteiger partial charge in [0, 0.05) is 0 Å². The summed E-state index contributed by atoms with van der Waals surface area (Å²) in [6, 6.07) is 5.54. The fourth-order valence-electron chi connectivity index (χ4n) is 1.60. The highest BCUT2D eigenvalue weighted by atomic mass is 16.5. The van der Waals surface area contributed by atoms with Crippen LogP contribution in [-0.4, -0.2) is 18.8 Å². The lowest BCUT2D eigenvalue weighted by molar-refractivity contribution is 0.198. The van der Waals surface area contributed by atoms with Gasteiger partial charge in [0.2, 0.25) is 0 Å². The largest absolute Gasteiger partial charge is 0.493 e. The number of rotatable bonds is 7. The molecule has 0 aliphatic heterocycles. The summed E-state index contributed by atoms with van der Waals surface area (Å²) in [5.74, 6) is 1.42. The van der Waals surface area contributed by atoms with Crippen molar-refractivity contribution >= 4 is 0 Å². The van der Waals surface area contributed by atoms with Gasteiger partial charge in [0.25, 0.3) is 0 Å². The van der Waals surface area contributed by atoms with E-state index in [-0.39, 0.29) is 0 Å². The SMILES string of the molecule is CCCCCOc1ccc([C@H](C)O)cc1OC. The van der Waals surface area contributed by atoms with E-state index in [1.54, 1.807) is 14.0 Å². The third-order valence-electron chi connectivity index (χ3n) is 2.68. The monoisotopic (exact) mass is 238 g/mol. The van der Waals surface area contributed by atoms with E-state index in [1.165, 1.54) is 12.8 Å². The Morgan fingerprint density at radius 1 is 1.24 bits per heavy atom. The second-order valence-electron chi connectivity index (χ2n) is 4.14. The Kier molecular flexibility index (Phi) is 5.84. The van der Waals surface area contributed by atoms with E-state index in [4.69, 9.17) is 9.47 Å². The van der Waals surface area contributed by atoms with Gasteiger partial charge in [-0.25, -0.2) is 0 Å². The van der Waals surface area contributed by atoms with Gasteiger partial charge in [-0.3, -0.25) is 0 Å². The van der Waals surface area contributed by atoms with Crippen molar-refractivity contribution in [2.75, 3.05) is 13.7 Å². The van der Waals surface area contributed by atoms with Crippen molar-refractivity contribution in [1.29, 1.82) is 0 Å². The minimum absolute atomic E-state index is 0.488. The number of methoxy groups -OCH3 is 1. The molecule has 1 aromatic rings. The molecule has 96 valence electrons. The summed E-state index contributed by atoms with van der Waals surface area (Å²) in [5, 5.41) is 9.48. The quantitative estimate of drug-likeness (QED) is 0.741. The number of aliphatic hydroxyl groups is 1. The number of aliphatic hydroxyl groups excluding tert-OH is 1. The topological polar surface area (TPSA) is 38.7 Å². The molecule has 3 heteroatoms. The minimum atomic E-state index is -0.488. The van der Waals surface area contributed by atoms with Crippen LogP contribution in [0.15, 0.2) is 18.2 Å². The average Bonchev–Trinajstić information content (AvgIpc) is 2.34. The van der Waals surface area contributed by atoms with Crippen LogP contribution in [0.3, 0.4) is 0 Å². The van der Waals surface area contributed by atoms with Gasteiger partial charge in [-0.1, -0.05) is 25.8 Å². The third kappa shape index (κ3) is 4.27. The molecule has 1 rings (SSSR count). The maximum atomic E-state index is 9.48. The van der Waals surface area contributed by atoms with Crippen LogP contribution in [0.5, 0.6) is 11.5 Å². The maximum absolute atomic E-state index is 9.48.